The lowest BCUT2D eigenvalue weighted by atomic mass is 9.90. The van der Waals surface area contributed by atoms with Crippen LogP contribution in [0.5, 0.6) is 11.5 Å². The number of aliphatic imine (C=N–C) groups is 2. The van der Waals surface area contributed by atoms with Gasteiger partial charge in [-0.15, -0.1) is 45.3 Å². The molecule has 10 aromatic rings. The number of nitriles is 4. The minimum Gasteiger partial charge on any atom is -0.457 e. The first-order chi connectivity index (χ1) is 45.9. The number of rotatable bonds is 14. The average molecular weight is 1310 g/mol. The summed E-state index contributed by atoms with van der Waals surface area (Å²) in [5.74, 6) is -6.20. The summed E-state index contributed by atoms with van der Waals surface area (Å²) in [4.78, 5) is 102. The number of esters is 4. The van der Waals surface area contributed by atoms with Crippen molar-refractivity contribution in [3.05, 3.63) is 249 Å². The third-order valence-corrected chi connectivity index (χ3v) is 20.6. The predicted octanol–water partition coefficient (Wildman–Crippen LogP) is 14.1. The number of carbonyl (C=O) groups excluding carboxylic acids is 6. The van der Waals surface area contributed by atoms with Gasteiger partial charge >= 0.3 is 35.1 Å². The Morgan fingerprint density at radius 3 is 0.979 bits per heavy atom. The molecule has 0 fully saturated rings. The highest BCUT2D eigenvalue weighted by molar-refractivity contribution is 7.35. The first kappa shape index (κ1) is 59.6. The molecule has 452 valence electrons. The maximum absolute atomic E-state index is 15.6. The molecule has 94 heavy (non-hydrogen) atoms. The van der Waals surface area contributed by atoms with Crippen LogP contribution in [0.3, 0.4) is 0 Å². The number of fused-ring (bicyclic) bond motifs is 11. The zero-order chi connectivity index (χ0) is 64.8. The van der Waals surface area contributed by atoms with Crippen LogP contribution in [-0.4, -0.2) is 46.9 Å². The molecule has 18 nitrogen and oxygen atoms in total. The fraction of sp³-hybridized carbons (Fsp3) is 0.0833. The highest BCUT2D eigenvalue weighted by Crippen LogP contribution is 2.66. The van der Waals surface area contributed by atoms with E-state index in [-0.39, 0.29) is 133 Å². The van der Waals surface area contributed by atoms with Crippen LogP contribution in [0.2, 0.25) is 0 Å². The van der Waals surface area contributed by atoms with Crippen LogP contribution >= 0.6 is 45.3 Å². The first-order valence-electron chi connectivity index (χ1n) is 28.6. The quantitative estimate of drug-likeness (QED) is 0.0423. The minimum absolute atomic E-state index is 0.0216. The molecule has 22 heteroatoms. The number of allylic oxidation sites excluding steroid dienone is 4. The van der Waals surface area contributed by atoms with Gasteiger partial charge in [0.1, 0.15) is 83.3 Å². The lowest BCUT2D eigenvalue weighted by Gasteiger charge is -2.33. The van der Waals surface area contributed by atoms with Gasteiger partial charge in [-0.25, -0.2) is 29.2 Å². The number of ether oxygens (including phenoxy) is 6. The van der Waals surface area contributed by atoms with E-state index in [1.54, 1.807) is 170 Å². The lowest BCUT2D eigenvalue weighted by Crippen LogP contribution is -2.52. The molecule has 2 aliphatic carbocycles. The maximum Gasteiger partial charge on any atom is 0.367 e. The molecule has 0 N–H and O–H groups in total. The zero-order valence-electron chi connectivity index (χ0n) is 48.4. The Morgan fingerprint density at radius 2 is 0.681 bits per heavy atom. The predicted molar refractivity (Wildman–Crippen MR) is 348 cm³/mol. The Morgan fingerprint density at radius 1 is 0.394 bits per heavy atom. The van der Waals surface area contributed by atoms with E-state index in [1.807, 2.05) is 24.3 Å². The van der Waals surface area contributed by atoms with E-state index in [1.165, 1.54) is 12.1 Å². The molecule has 0 radical (unpaired) electrons. The summed E-state index contributed by atoms with van der Waals surface area (Å²) in [6.45, 7) is -1.37. The highest BCUT2D eigenvalue weighted by Gasteiger charge is 2.62. The second-order valence-electron chi connectivity index (χ2n) is 21.3. The molecule has 14 rings (SSSR count). The van der Waals surface area contributed by atoms with Crippen LogP contribution in [0.1, 0.15) is 65.2 Å². The van der Waals surface area contributed by atoms with E-state index in [4.69, 9.17) is 38.4 Å². The average Bonchev–Trinajstić information content (AvgIpc) is 1.51. The summed E-state index contributed by atoms with van der Waals surface area (Å²) < 4.78 is 38.9. The summed E-state index contributed by atoms with van der Waals surface area (Å²) in [5.41, 5.74) is -4.03. The third-order valence-electron chi connectivity index (χ3n) is 15.7. The normalized spacial score (nSPS) is 14.9. The molecule has 0 saturated heterocycles. The van der Waals surface area contributed by atoms with E-state index < -0.39 is 46.6 Å². The maximum atomic E-state index is 15.6. The number of nitrogens with zero attached hydrogens (tertiary/aromatic N) is 6. The van der Waals surface area contributed by atoms with Crippen molar-refractivity contribution in [1.82, 2.24) is 0 Å². The zero-order valence-corrected chi connectivity index (χ0v) is 51.6. The molecular weight excluding hydrogens is 1270 g/mol. The number of hydrogen-bond acceptors (Lipinski definition) is 22. The Kier molecular flexibility index (Phi) is 15.4. The van der Waals surface area contributed by atoms with E-state index in [2.05, 4.69) is 0 Å². The van der Waals surface area contributed by atoms with Crippen LogP contribution in [0.25, 0.3) is 40.1 Å². The van der Waals surface area contributed by atoms with E-state index in [9.17, 15) is 30.6 Å². The van der Waals surface area contributed by atoms with Gasteiger partial charge in [-0.2, -0.15) is 21.0 Å². The number of carbonyl (C=O) groups is 6. The topological polar surface area (TPSA) is 278 Å². The van der Waals surface area contributed by atoms with Gasteiger partial charge in [0.15, 0.2) is 11.5 Å². The van der Waals surface area contributed by atoms with Gasteiger partial charge in [0, 0.05) is 33.4 Å². The van der Waals surface area contributed by atoms with Crippen molar-refractivity contribution in [2.75, 3.05) is 0 Å². The standard InChI is InChI=1S/C72H38N6O12S4/c73-31-43(32-74)53-45-25-13-15-27-47(45)57(79)55(53)77-51-29-49-61(91-51)63-59(89-71(49,67(81)85-35-39-17-5-1-6-18-39)68(82)86-36-40-19-7-2-8-20-40)65-66(93-63)60-64(94-65)62-50(30-52(92-62)78-56-54(44(33-75)34-76)46-26-14-16-28-48(46)58(56)80)72(90-60,69(83)87-37-41-21-9-3-10-22-41)70(84)88-38-42-23-11-4-12-24-42/h1-30H,35-38H2. The van der Waals surface area contributed by atoms with Crippen LogP contribution < -0.4 is 9.47 Å². The van der Waals surface area contributed by atoms with Crippen molar-refractivity contribution in [2.24, 2.45) is 9.98 Å². The van der Waals surface area contributed by atoms with Crippen molar-refractivity contribution in [3.63, 3.8) is 0 Å². The fourth-order valence-electron chi connectivity index (χ4n) is 11.3. The van der Waals surface area contributed by atoms with Crippen molar-refractivity contribution in [1.29, 1.82) is 21.0 Å². The van der Waals surface area contributed by atoms with Crippen LogP contribution in [0.4, 0.5) is 10.0 Å². The minimum atomic E-state index is -2.82. The molecular formula is C72H38N6O12S4. The first-order valence-corrected chi connectivity index (χ1v) is 31.8. The van der Waals surface area contributed by atoms with Gasteiger partial charge in [0.25, 0.3) is 0 Å². The van der Waals surface area contributed by atoms with Crippen molar-refractivity contribution in [2.45, 2.75) is 37.6 Å². The summed E-state index contributed by atoms with van der Waals surface area (Å²) in [6, 6.07) is 58.0. The number of ketones is 2. The molecule has 0 atom stereocenters. The van der Waals surface area contributed by atoms with Gasteiger partial charge in [0.2, 0.25) is 11.6 Å². The molecule has 6 heterocycles. The number of benzene rings is 6. The highest BCUT2D eigenvalue weighted by atomic mass is 32.1. The Hall–Kier alpha value is -12.0. The summed E-state index contributed by atoms with van der Waals surface area (Å²) in [5, 5.41) is 41.0. The fourth-order valence-corrected chi connectivity index (χ4v) is 16.4. The Balaban J connectivity index is 1.00. The van der Waals surface area contributed by atoms with Crippen molar-refractivity contribution < 1.29 is 57.2 Å². The molecule has 0 unspecified atom stereocenters. The van der Waals surface area contributed by atoms with Crippen molar-refractivity contribution in [3.8, 4) is 55.3 Å². The second kappa shape index (κ2) is 24.3. The van der Waals surface area contributed by atoms with Crippen LogP contribution in [0, 0.1) is 45.3 Å². The van der Waals surface area contributed by atoms with Gasteiger partial charge in [0.05, 0.1) is 28.9 Å². The van der Waals surface area contributed by atoms with Crippen LogP contribution in [-0.2, 0) is 75.8 Å². The van der Waals surface area contributed by atoms with Gasteiger partial charge in [-0.1, -0.05) is 170 Å². The van der Waals surface area contributed by atoms with E-state index in [0.29, 0.717) is 33.4 Å². The molecule has 0 saturated carbocycles. The van der Waals surface area contributed by atoms with Gasteiger partial charge < -0.3 is 28.4 Å². The third kappa shape index (κ3) is 9.94. The monoisotopic (exact) mass is 1310 g/mol. The molecule has 4 aliphatic rings. The number of thiophene rings is 4. The second-order valence-corrected chi connectivity index (χ2v) is 25.4. The van der Waals surface area contributed by atoms with Crippen LogP contribution in [0.15, 0.2) is 203 Å². The summed E-state index contributed by atoms with van der Waals surface area (Å²) in [7, 11) is 0. The molecule has 0 amide bonds. The van der Waals surface area contributed by atoms with E-state index in [0.717, 1.165) is 45.3 Å². The SMILES string of the molecule is N#CC(C#N)=C1C(=Nc2cc3c(s2)-c2sc4c5c(sc4c2OC3(C(=O)OCc2ccccc2)C(=O)OCc2ccccc2)-c2sc(N=C3C(=O)c4ccccc4C3=C(C#N)C#N)cc2C(C(=O)OCc2ccccc2)(C(=O)OCc2ccccc2)O5)C(=O)c2ccccc21. The van der Waals surface area contributed by atoms with E-state index >= 15 is 19.2 Å². The summed E-state index contributed by atoms with van der Waals surface area (Å²) in [6.07, 6.45) is 0. The Bertz CT molecular complexity index is 4760. The number of hydrogen-bond donors (Lipinski definition) is 0. The largest absolute Gasteiger partial charge is 0.457 e. The summed E-state index contributed by atoms with van der Waals surface area (Å²) >= 11 is 3.96. The smallest absolute Gasteiger partial charge is 0.367 e. The van der Waals surface area contributed by atoms with Gasteiger partial charge in [-0.05, 0) is 45.5 Å². The van der Waals surface area contributed by atoms with Crippen molar-refractivity contribution >= 4 is 123 Å². The molecule has 0 bridgehead atoms. The van der Waals surface area contributed by atoms with Gasteiger partial charge in [-0.3, -0.25) is 9.59 Å². The Labute approximate surface area is 549 Å². The molecule has 0 spiro atoms. The molecule has 6 aromatic carbocycles. The number of Topliss-reactive ketones (excluding diaryl/α,β-unsaturated/α-hetero) is 2. The lowest BCUT2D eigenvalue weighted by molar-refractivity contribution is -0.185. The molecule has 2 aliphatic heterocycles. The molecule has 4 aromatic heterocycles.